The van der Waals surface area contributed by atoms with Crippen LogP contribution in [0.15, 0.2) is 24.3 Å². The number of alkyl halides is 1. The van der Waals surface area contributed by atoms with Crippen LogP contribution in [0.2, 0.25) is 0 Å². The van der Waals surface area contributed by atoms with Gasteiger partial charge in [0.15, 0.2) is 9.84 Å². The van der Waals surface area contributed by atoms with Gasteiger partial charge in [-0.3, -0.25) is 9.59 Å². The summed E-state index contributed by atoms with van der Waals surface area (Å²) in [5.74, 6) is -2.68. The summed E-state index contributed by atoms with van der Waals surface area (Å²) in [5.41, 5.74) is 0.693. The molecule has 0 radical (unpaired) electrons. The Hall–Kier alpha value is -1.71. The first kappa shape index (κ1) is 26.3. The van der Waals surface area contributed by atoms with Crippen molar-refractivity contribution in [1.82, 2.24) is 5.32 Å². The molecule has 2 N–H and O–H groups in total. The zero-order valence-electron chi connectivity index (χ0n) is 17.1. The molecular weight excluding hydrogens is 437 g/mol. The van der Waals surface area contributed by atoms with Gasteiger partial charge in [0.05, 0.1) is 18.1 Å². The van der Waals surface area contributed by atoms with E-state index in [1.165, 1.54) is 12.1 Å². The first-order valence-corrected chi connectivity index (χ1v) is 12.1. The lowest BCUT2D eigenvalue weighted by Gasteiger charge is -2.22. The smallest absolute Gasteiger partial charge is 0.303 e. The number of carboxylic acids is 1. The summed E-state index contributed by atoms with van der Waals surface area (Å²) >= 11 is 6.40. The minimum Gasteiger partial charge on any atom is -0.481 e. The molecule has 0 aliphatic heterocycles. The van der Waals surface area contributed by atoms with Gasteiger partial charge in [0.25, 0.3) is 0 Å². The number of ether oxygens (including phenoxy) is 1. The van der Waals surface area contributed by atoms with Crippen LogP contribution in [-0.4, -0.2) is 55.4 Å². The van der Waals surface area contributed by atoms with Crippen molar-refractivity contribution in [2.45, 2.75) is 50.7 Å². The van der Waals surface area contributed by atoms with Crippen LogP contribution in [0.3, 0.4) is 0 Å². The van der Waals surface area contributed by atoms with Crippen LogP contribution in [0.5, 0.6) is 0 Å². The van der Waals surface area contributed by atoms with Gasteiger partial charge in [0.1, 0.15) is 11.6 Å². The molecule has 0 saturated carbocycles. The van der Waals surface area contributed by atoms with E-state index < -0.39 is 27.5 Å². The van der Waals surface area contributed by atoms with Gasteiger partial charge in [-0.2, -0.15) is 0 Å². The number of nitrogens with one attached hydrogen (secondary N) is 1. The summed E-state index contributed by atoms with van der Waals surface area (Å²) < 4.78 is 41.3. The number of hydrogen-bond donors (Lipinski definition) is 2. The molecule has 3 unspecified atom stereocenters. The van der Waals surface area contributed by atoms with Gasteiger partial charge in [0.2, 0.25) is 5.91 Å². The average molecular weight is 466 g/mol. The normalized spacial score (nSPS) is 14.7. The largest absolute Gasteiger partial charge is 0.481 e. The summed E-state index contributed by atoms with van der Waals surface area (Å²) in [5, 5.41) is 11.1. The first-order valence-electron chi connectivity index (χ1n) is 9.62. The average Bonchev–Trinajstić information content (AvgIpc) is 2.63. The Morgan fingerprint density at radius 1 is 1.27 bits per heavy atom. The lowest BCUT2D eigenvalue weighted by Crippen LogP contribution is -2.34. The summed E-state index contributed by atoms with van der Waals surface area (Å²) in [6, 6.07) is 6.09. The zero-order chi connectivity index (χ0) is 22.7. The van der Waals surface area contributed by atoms with E-state index in [0.717, 1.165) is 6.26 Å². The van der Waals surface area contributed by atoms with E-state index in [9.17, 15) is 22.4 Å². The highest BCUT2D eigenvalue weighted by Gasteiger charge is 2.20. The quantitative estimate of drug-likeness (QED) is 0.409. The fourth-order valence-corrected chi connectivity index (χ4v) is 3.59. The van der Waals surface area contributed by atoms with Gasteiger partial charge in [-0.15, -0.1) is 11.6 Å². The number of aliphatic carboxylic acids is 1. The number of carbonyl (C=O) groups is 2. The summed E-state index contributed by atoms with van der Waals surface area (Å²) in [6.45, 7) is 2.19. The Morgan fingerprint density at radius 3 is 2.57 bits per heavy atom. The molecule has 1 rings (SSSR count). The van der Waals surface area contributed by atoms with Crippen LogP contribution >= 0.6 is 11.6 Å². The molecule has 0 aromatic heterocycles. The number of halogens is 2. The van der Waals surface area contributed by atoms with E-state index >= 15 is 0 Å². The SMILES string of the molecule is CC(OCc1cccc(F)c1)C(Cl)CCC(CCC(=O)O)CNC(=O)CS(C)(=O)=O. The number of hydrogen-bond acceptors (Lipinski definition) is 5. The van der Waals surface area contributed by atoms with Crippen LogP contribution in [-0.2, 0) is 30.8 Å². The Labute approximate surface area is 181 Å². The van der Waals surface area contributed by atoms with Crippen LogP contribution in [0.4, 0.5) is 4.39 Å². The third-order valence-corrected chi connectivity index (χ3v) is 5.87. The number of carbonyl (C=O) groups excluding carboxylic acids is 1. The molecule has 0 spiro atoms. The summed E-state index contributed by atoms with van der Waals surface area (Å²) in [6.07, 6.45) is 1.96. The Morgan fingerprint density at radius 2 is 1.97 bits per heavy atom. The van der Waals surface area contributed by atoms with Crippen molar-refractivity contribution in [1.29, 1.82) is 0 Å². The molecule has 7 nitrogen and oxygen atoms in total. The van der Waals surface area contributed by atoms with Gasteiger partial charge in [0, 0.05) is 19.2 Å². The maximum Gasteiger partial charge on any atom is 0.303 e. The Balaban J connectivity index is 2.50. The third kappa shape index (κ3) is 12.1. The molecule has 0 bridgehead atoms. The molecular formula is C20H29ClFNO6S. The van der Waals surface area contributed by atoms with Gasteiger partial charge >= 0.3 is 5.97 Å². The number of rotatable bonds is 14. The van der Waals surface area contributed by atoms with E-state index in [4.69, 9.17) is 21.4 Å². The predicted octanol–water partition coefficient (Wildman–Crippen LogP) is 2.76. The molecule has 1 amide bonds. The minimum absolute atomic E-state index is 0.0643. The first-order chi connectivity index (χ1) is 14.0. The van der Waals surface area contributed by atoms with Crippen molar-refractivity contribution in [2.24, 2.45) is 5.92 Å². The molecule has 3 atom stereocenters. The molecule has 0 fully saturated rings. The third-order valence-electron chi connectivity index (χ3n) is 4.51. The van der Waals surface area contributed by atoms with E-state index in [1.54, 1.807) is 19.1 Å². The monoisotopic (exact) mass is 465 g/mol. The maximum absolute atomic E-state index is 13.2. The van der Waals surface area contributed by atoms with Crippen LogP contribution < -0.4 is 5.32 Å². The Kier molecular flexibility index (Phi) is 11.3. The molecule has 1 aromatic carbocycles. The number of sulfone groups is 1. The van der Waals surface area contributed by atoms with Crippen LogP contribution in [0.25, 0.3) is 0 Å². The maximum atomic E-state index is 13.2. The molecule has 0 aliphatic rings. The number of benzene rings is 1. The highest BCUT2D eigenvalue weighted by atomic mass is 35.5. The minimum atomic E-state index is -3.43. The van der Waals surface area contributed by atoms with Gasteiger partial charge in [-0.05, 0) is 49.8 Å². The van der Waals surface area contributed by atoms with E-state index in [-0.39, 0.29) is 42.8 Å². The molecule has 30 heavy (non-hydrogen) atoms. The highest BCUT2D eigenvalue weighted by Crippen LogP contribution is 2.21. The molecule has 1 aromatic rings. The van der Waals surface area contributed by atoms with Crippen molar-refractivity contribution in [2.75, 3.05) is 18.6 Å². The predicted molar refractivity (Wildman–Crippen MR) is 113 cm³/mol. The second-order valence-electron chi connectivity index (χ2n) is 7.41. The molecule has 10 heteroatoms. The van der Waals surface area contributed by atoms with Crippen molar-refractivity contribution < 1.29 is 32.2 Å². The van der Waals surface area contributed by atoms with Crippen molar-refractivity contribution >= 4 is 33.3 Å². The summed E-state index contributed by atoms with van der Waals surface area (Å²) in [7, 11) is -3.43. The van der Waals surface area contributed by atoms with Crippen LogP contribution in [0, 0.1) is 11.7 Å². The highest BCUT2D eigenvalue weighted by molar-refractivity contribution is 7.91. The second-order valence-corrected chi connectivity index (χ2v) is 10.1. The van der Waals surface area contributed by atoms with E-state index in [1.807, 2.05) is 0 Å². The summed E-state index contributed by atoms with van der Waals surface area (Å²) in [4.78, 5) is 22.6. The number of amides is 1. The van der Waals surface area contributed by atoms with Crippen molar-refractivity contribution in [3.63, 3.8) is 0 Å². The van der Waals surface area contributed by atoms with E-state index in [2.05, 4.69) is 5.32 Å². The molecule has 0 saturated heterocycles. The zero-order valence-corrected chi connectivity index (χ0v) is 18.7. The lowest BCUT2D eigenvalue weighted by molar-refractivity contribution is -0.137. The lowest BCUT2D eigenvalue weighted by atomic mass is 9.95. The number of carboxylic acid groups (broad SMARTS) is 1. The second kappa shape index (κ2) is 12.9. The van der Waals surface area contributed by atoms with Crippen molar-refractivity contribution in [3.8, 4) is 0 Å². The Bertz CT molecular complexity index is 804. The van der Waals surface area contributed by atoms with Crippen molar-refractivity contribution in [3.05, 3.63) is 35.6 Å². The van der Waals surface area contributed by atoms with E-state index in [0.29, 0.717) is 24.8 Å². The topological polar surface area (TPSA) is 110 Å². The van der Waals surface area contributed by atoms with Gasteiger partial charge in [-0.1, -0.05) is 12.1 Å². The van der Waals surface area contributed by atoms with Gasteiger partial charge < -0.3 is 15.2 Å². The standard InChI is InChI=1S/C20H29ClFNO6S/c1-14(29-12-16-4-3-5-17(22)10-16)18(21)8-6-15(7-9-20(25)26)11-23-19(24)13-30(2,27)28/h3-5,10,14-15,18H,6-9,11-13H2,1-2H3,(H,23,24)(H,25,26). The fraction of sp³-hybridized carbons (Fsp3) is 0.600. The van der Waals surface area contributed by atoms with Crippen LogP contribution in [0.1, 0.15) is 38.2 Å². The fourth-order valence-electron chi connectivity index (χ4n) is 2.81. The molecule has 0 heterocycles. The molecule has 170 valence electrons. The molecule has 0 aliphatic carbocycles. The van der Waals surface area contributed by atoms with Gasteiger partial charge in [-0.25, -0.2) is 12.8 Å².